The van der Waals surface area contributed by atoms with Crippen LogP contribution in [-0.4, -0.2) is 51.9 Å². The lowest BCUT2D eigenvalue weighted by Gasteiger charge is -2.40. The van der Waals surface area contributed by atoms with E-state index in [1.54, 1.807) is 24.5 Å². The van der Waals surface area contributed by atoms with E-state index in [2.05, 4.69) is 21.0 Å². The van der Waals surface area contributed by atoms with Crippen molar-refractivity contribution in [3.8, 4) is 6.07 Å². The van der Waals surface area contributed by atoms with Gasteiger partial charge < -0.3 is 4.90 Å². The van der Waals surface area contributed by atoms with Crippen LogP contribution in [0.15, 0.2) is 30.7 Å². The van der Waals surface area contributed by atoms with Gasteiger partial charge in [0, 0.05) is 38.1 Å². The van der Waals surface area contributed by atoms with Gasteiger partial charge in [0.05, 0.1) is 23.6 Å². The van der Waals surface area contributed by atoms with Gasteiger partial charge in [-0.2, -0.15) is 5.26 Å². The van der Waals surface area contributed by atoms with Crippen molar-refractivity contribution in [2.24, 2.45) is 5.41 Å². The number of nitrogens with zero attached hydrogens (tertiary/aromatic N) is 6. The highest BCUT2D eigenvalue weighted by atomic mass is 16.7. The first-order chi connectivity index (χ1) is 14.5. The van der Waals surface area contributed by atoms with Gasteiger partial charge in [0.25, 0.3) is 5.91 Å². The summed E-state index contributed by atoms with van der Waals surface area (Å²) >= 11 is 0. The molecule has 0 N–H and O–H groups in total. The maximum Gasteiger partial charge on any atom is 0.252 e. The van der Waals surface area contributed by atoms with Gasteiger partial charge in [0.15, 0.2) is 6.29 Å². The van der Waals surface area contributed by atoms with Gasteiger partial charge >= 0.3 is 0 Å². The first kappa shape index (κ1) is 19.9. The standard InChI is InChI=1S/C21H22N6O3/c1-21(4-7-26(8-5-21)20-24-6-2-17(14-28)25-20)19(29)27-18(3-9-30-27)16-10-15(11-22)12-23-13-16/h2,6,10,12-14,18H,3-5,7-9H2,1H3/t18-/m0/s1. The summed E-state index contributed by atoms with van der Waals surface area (Å²) in [5.41, 5.74) is 1.02. The van der Waals surface area contributed by atoms with Crippen molar-refractivity contribution >= 4 is 18.1 Å². The highest BCUT2D eigenvalue weighted by Gasteiger charge is 2.44. The molecule has 0 aromatic carbocycles. The Hall–Kier alpha value is -3.38. The normalized spacial score (nSPS) is 20.6. The first-order valence-corrected chi connectivity index (χ1v) is 9.89. The van der Waals surface area contributed by atoms with Crippen LogP contribution in [0.4, 0.5) is 5.95 Å². The predicted octanol–water partition coefficient (Wildman–Crippen LogP) is 2.07. The van der Waals surface area contributed by atoms with E-state index in [4.69, 9.17) is 10.1 Å². The quantitative estimate of drug-likeness (QED) is 0.709. The number of piperidine rings is 1. The second-order valence-electron chi connectivity index (χ2n) is 7.83. The van der Waals surface area contributed by atoms with Crippen LogP contribution in [0, 0.1) is 16.7 Å². The molecule has 0 aliphatic carbocycles. The van der Waals surface area contributed by atoms with E-state index in [1.807, 2.05) is 11.8 Å². The van der Waals surface area contributed by atoms with Crippen LogP contribution < -0.4 is 4.90 Å². The Morgan fingerprint density at radius 1 is 1.37 bits per heavy atom. The first-order valence-electron chi connectivity index (χ1n) is 9.89. The number of amides is 1. The van der Waals surface area contributed by atoms with Crippen molar-refractivity contribution in [3.05, 3.63) is 47.5 Å². The van der Waals surface area contributed by atoms with Crippen LogP contribution in [0.3, 0.4) is 0 Å². The number of aldehydes is 1. The number of nitriles is 1. The minimum Gasteiger partial charge on any atom is -0.341 e. The summed E-state index contributed by atoms with van der Waals surface area (Å²) in [5.74, 6) is 0.443. The van der Waals surface area contributed by atoms with Crippen LogP contribution in [0.2, 0.25) is 0 Å². The third-order valence-corrected chi connectivity index (χ3v) is 5.83. The minimum atomic E-state index is -0.582. The number of rotatable bonds is 4. The zero-order valence-corrected chi connectivity index (χ0v) is 16.7. The summed E-state index contributed by atoms with van der Waals surface area (Å²) in [4.78, 5) is 44.7. The largest absolute Gasteiger partial charge is 0.341 e. The minimum absolute atomic E-state index is 0.0606. The Morgan fingerprint density at radius 2 is 2.17 bits per heavy atom. The molecule has 0 bridgehead atoms. The van der Waals surface area contributed by atoms with E-state index >= 15 is 0 Å². The molecule has 154 valence electrons. The Kier molecular flexibility index (Phi) is 5.42. The Bertz CT molecular complexity index is 996. The number of carbonyl (C=O) groups is 2. The maximum absolute atomic E-state index is 13.4. The van der Waals surface area contributed by atoms with Crippen molar-refractivity contribution in [1.29, 1.82) is 5.26 Å². The molecule has 0 unspecified atom stereocenters. The average molecular weight is 406 g/mol. The molecule has 0 saturated carbocycles. The summed E-state index contributed by atoms with van der Waals surface area (Å²) in [6.07, 6.45) is 7.35. The van der Waals surface area contributed by atoms with E-state index in [-0.39, 0.29) is 11.9 Å². The Morgan fingerprint density at radius 3 is 2.90 bits per heavy atom. The number of hydrogen-bond donors (Lipinski definition) is 0. The summed E-state index contributed by atoms with van der Waals surface area (Å²) in [6.45, 7) is 3.61. The Balaban J connectivity index is 1.47. The van der Waals surface area contributed by atoms with Gasteiger partial charge in [0.1, 0.15) is 11.8 Å². The van der Waals surface area contributed by atoms with Gasteiger partial charge in [-0.25, -0.2) is 15.0 Å². The maximum atomic E-state index is 13.4. The van der Waals surface area contributed by atoms with Gasteiger partial charge in [0.2, 0.25) is 5.95 Å². The summed E-state index contributed by atoms with van der Waals surface area (Å²) in [7, 11) is 0. The molecule has 0 spiro atoms. The second kappa shape index (κ2) is 8.16. The number of pyridine rings is 1. The molecule has 1 amide bonds. The van der Waals surface area contributed by atoms with Crippen molar-refractivity contribution in [1.82, 2.24) is 20.0 Å². The molecule has 4 rings (SSSR count). The summed E-state index contributed by atoms with van der Waals surface area (Å²) in [6, 6.07) is 5.16. The molecule has 1 atom stereocenters. The fourth-order valence-corrected chi connectivity index (χ4v) is 3.93. The van der Waals surface area contributed by atoms with Crippen molar-refractivity contribution < 1.29 is 14.4 Å². The molecule has 2 saturated heterocycles. The Labute approximate surface area is 174 Å². The molecular formula is C21H22N6O3. The third-order valence-electron chi connectivity index (χ3n) is 5.83. The summed E-state index contributed by atoms with van der Waals surface area (Å²) in [5, 5.41) is 10.6. The molecule has 9 nitrogen and oxygen atoms in total. The van der Waals surface area contributed by atoms with Crippen LogP contribution in [0.25, 0.3) is 0 Å². The predicted molar refractivity (Wildman–Crippen MR) is 106 cm³/mol. The average Bonchev–Trinajstić information content (AvgIpc) is 3.29. The monoisotopic (exact) mass is 406 g/mol. The van der Waals surface area contributed by atoms with Crippen molar-refractivity contribution in [2.45, 2.75) is 32.2 Å². The molecule has 2 aliphatic rings. The van der Waals surface area contributed by atoms with Gasteiger partial charge in [-0.1, -0.05) is 6.92 Å². The van der Waals surface area contributed by atoms with Crippen LogP contribution >= 0.6 is 0 Å². The number of carbonyl (C=O) groups excluding carboxylic acids is 2. The van der Waals surface area contributed by atoms with E-state index in [0.29, 0.717) is 62.5 Å². The van der Waals surface area contributed by atoms with E-state index in [1.165, 1.54) is 11.3 Å². The lowest BCUT2D eigenvalue weighted by molar-refractivity contribution is -0.189. The van der Waals surface area contributed by atoms with E-state index < -0.39 is 5.41 Å². The second-order valence-corrected chi connectivity index (χ2v) is 7.83. The van der Waals surface area contributed by atoms with E-state index in [0.717, 1.165) is 5.56 Å². The molecule has 0 radical (unpaired) electrons. The highest BCUT2D eigenvalue weighted by Crippen LogP contribution is 2.39. The van der Waals surface area contributed by atoms with Crippen molar-refractivity contribution in [3.63, 3.8) is 0 Å². The van der Waals surface area contributed by atoms with Crippen LogP contribution in [0.1, 0.15) is 53.8 Å². The SMILES string of the molecule is CC1(C(=O)N2OCC[C@H]2c2cncc(C#N)c2)CCN(c2nccc(C=O)n2)CC1. The molecule has 30 heavy (non-hydrogen) atoms. The van der Waals surface area contributed by atoms with E-state index in [9.17, 15) is 9.59 Å². The third kappa shape index (κ3) is 3.74. The summed E-state index contributed by atoms with van der Waals surface area (Å²) < 4.78 is 0. The molecule has 2 aliphatic heterocycles. The fraction of sp³-hybridized carbons (Fsp3) is 0.429. The molecular weight excluding hydrogens is 384 g/mol. The molecule has 4 heterocycles. The number of hydrogen-bond acceptors (Lipinski definition) is 8. The number of hydroxylamine groups is 2. The zero-order valence-electron chi connectivity index (χ0n) is 16.7. The highest BCUT2D eigenvalue weighted by molar-refractivity contribution is 5.82. The molecule has 2 aromatic heterocycles. The smallest absolute Gasteiger partial charge is 0.252 e. The van der Waals surface area contributed by atoms with Gasteiger partial charge in [-0.3, -0.25) is 19.4 Å². The van der Waals surface area contributed by atoms with Crippen molar-refractivity contribution in [2.75, 3.05) is 24.6 Å². The lowest BCUT2D eigenvalue weighted by atomic mass is 9.79. The number of anilines is 1. The molecule has 9 heteroatoms. The van der Waals surface area contributed by atoms with Crippen LogP contribution in [0.5, 0.6) is 0 Å². The van der Waals surface area contributed by atoms with Gasteiger partial charge in [-0.05, 0) is 30.5 Å². The topological polar surface area (TPSA) is 112 Å². The van der Waals surface area contributed by atoms with Gasteiger partial charge in [-0.15, -0.1) is 0 Å². The fourth-order valence-electron chi connectivity index (χ4n) is 3.93. The number of aromatic nitrogens is 3. The zero-order chi connectivity index (χ0) is 21.1. The lowest BCUT2D eigenvalue weighted by Crippen LogP contribution is -2.48. The molecule has 2 fully saturated rings. The van der Waals surface area contributed by atoms with Crippen LogP contribution in [-0.2, 0) is 9.63 Å². The molecule has 2 aromatic rings.